The summed E-state index contributed by atoms with van der Waals surface area (Å²) in [4.78, 5) is 14.0. The summed E-state index contributed by atoms with van der Waals surface area (Å²) in [6.45, 7) is 3.92. The molecule has 1 saturated heterocycles. The lowest BCUT2D eigenvalue weighted by Crippen LogP contribution is -2.46. The topological polar surface area (TPSA) is 52.6 Å². The molecule has 0 radical (unpaired) electrons. The molecule has 1 aliphatic rings. The van der Waals surface area contributed by atoms with Crippen LogP contribution in [0.2, 0.25) is 0 Å². The van der Waals surface area contributed by atoms with Crippen molar-refractivity contribution in [3.8, 4) is 0 Å². The van der Waals surface area contributed by atoms with Crippen molar-refractivity contribution in [3.63, 3.8) is 0 Å². The molecular formula is C17H24F2N2O2. The molecule has 1 aromatic carbocycles. The predicted octanol–water partition coefficient (Wildman–Crippen LogP) is 2.03. The number of aliphatic hydroxyl groups excluding tert-OH is 1. The molecule has 1 amide bonds. The average Bonchev–Trinajstić information content (AvgIpc) is 2.85. The quantitative estimate of drug-likeness (QED) is 0.841. The van der Waals surface area contributed by atoms with E-state index in [9.17, 15) is 18.7 Å². The minimum absolute atomic E-state index is 0.0531. The number of hydrogen-bond acceptors (Lipinski definition) is 3. The van der Waals surface area contributed by atoms with Crippen LogP contribution < -0.4 is 5.32 Å². The van der Waals surface area contributed by atoms with Crippen molar-refractivity contribution in [2.24, 2.45) is 5.41 Å². The Hall–Kier alpha value is -1.53. The number of nitrogens with zero attached hydrogens (tertiary/aromatic N) is 1. The van der Waals surface area contributed by atoms with E-state index in [0.717, 1.165) is 5.56 Å². The maximum Gasteiger partial charge on any atom is 0.252 e. The van der Waals surface area contributed by atoms with Gasteiger partial charge in [0.25, 0.3) is 6.43 Å². The van der Waals surface area contributed by atoms with E-state index in [1.54, 1.807) is 0 Å². The van der Waals surface area contributed by atoms with Crippen molar-refractivity contribution in [2.75, 3.05) is 13.1 Å². The van der Waals surface area contributed by atoms with Crippen LogP contribution in [-0.2, 0) is 11.3 Å². The zero-order valence-corrected chi connectivity index (χ0v) is 13.5. The van der Waals surface area contributed by atoms with Gasteiger partial charge in [0.2, 0.25) is 5.91 Å². The first-order valence-corrected chi connectivity index (χ1v) is 7.83. The Labute approximate surface area is 135 Å². The summed E-state index contributed by atoms with van der Waals surface area (Å²) in [5.74, 6) is -0.659. The Morgan fingerprint density at radius 3 is 2.65 bits per heavy atom. The highest BCUT2D eigenvalue weighted by molar-refractivity contribution is 5.82. The molecule has 0 aromatic heterocycles. The van der Waals surface area contributed by atoms with E-state index < -0.39 is 23.9 Å². The first kappa shape index (κ1) is 17.8. The molecule has 2 rings (SSSR count). The van der Waals surface area contributed by atoms with Crippen molar-refractivity contribution in [2.45, 2.75) is 45.4 Å². The molecule has 0 aliphatic carbocycles. The fourth-order valence-corrected chi connectivity index (χ4v) is 2.72. The van der Waals surface area contributed by atoms with Gasteiger partial charge in [-0.2, -0.15) is 0 Å². The first-order chi connectivity index (χ1) is 10.8. The zero-order valence-electron chi connectivity index (χ0n) is 13.5. The lowest BCUT2D eigenvalue weighted by atomic mass is 9.93. The summed E-state index contributed by atoms with van der Waals surface area (Å²) >= 11 is 0. The van der Waals surface area contributed by atoms with Gasteiger partial charge in [-0.1, -0.05) is 30.3 Å². The number of β-amino-alcohol motifs (C(OH)–C–C–N with tert-alkyl or cyclic N) is 1. The van der Waals surface area contributed by atoms with E-state index in [-0.39, 0.29) is 12.6 Å². The van der Waals surface area contributed by atoms with Crippen molar-refractivity contribution < 1.29 is 18.7 Å². The smallest absolute Gasteiger partial charge is 0.252 e. The summed E-state index contributed by atoms with van der Waals surface area (Å²) in [5, 5.41) is 12.5. The lowest BCUT2D eigenvalue weighted by molar-refractivity contribution is -0.137. The molecule has 1 heterocycles. The minimum Gasteiger partial charge on any atom is -0.392 e. The first-order valence-electron chi connectivity index (χ1n) is 7.83. The highest BCUT2D eigenvalue weighted by Gasteiger charge is 2.38. The number of carbonyl (C=O) groups excluding carboxylic acids is 1. The number of alkyl halides is 2. The largest absolute Gasteiger partial charge is 0.392 e. The number of carbonyl (C=O) groups is 1. The number of halogens is 2. The Balaban J connectivity index is 1.94. The van der Waals surface area contributed by atoms with Crippen LogP contribution in [0.15, 0.2) is 30.3 Å². The Kier molecular flexibility index (Phi) is 5.70. The number of hydrogen-bond donors (Lipinski definition) is 2. The molecule has 1 aromatic rings. The van der Waals surface area contributed by atoms with E-state index in [0.29, 0.717) is 19.5 Å². The van der Waals surface area contributed by atoms with Gasteiger partial charge in [0.05, 0.1) is 6.10 Å². The fraction of sp³-hybridized carbons (Fsp3) is 0.588. The molecule has 0 unspecified atom stereocenters. The van der Waals surface area contributed by atoms with Crippen molar-refractivity contribution in [1.29, 1.82) is 0 Å². The Bertz CT molecular complexity index is 523. The molecule has 6 heteroatoms. The van der Waals surface area contributed by atoms with Gasteiger partial charge < -0.3 is 10.4 Å². The molecule has 2 N–H and O–H groups in total. The number of likely N-dealkylation sites (tertiary alicyclic amines) is 1. The summed E-state index contributed by atoms with van der Waals surface area (Å²) < 4.78 is 25.8. The second-order valence-electron chi connectivity index (χ2n) is 6.69. The van der Waals surface area contributed by atoms with Crippen LogP contribution in [-0.4, -0.2) is 47.6 Å². The van der Waals surface area contributed by atoms with Crippen molar-refractivity contribution >= 4 is 5.91 Å². The van der Waals surface area contributed by atoms with E-state index in [2.05, 4.69) is 10.2 Å². The van der Waals surface area contributed by atoms with Crippen LogP contribution in [0.5, 0.6) is 0 Å². The summed E-state index contributed by atoms with van der Waals surface area (Å²) in [5.41, 5.74) is -0.590. The summed E-state index contributed by atoms with van der Waals surface area (Å²) in [6, 6.07) is 9.78. The van der Waals surface area contributed by atoms with E-state index >= 15 is 0 Å². The van der Waals surface area contributed by atoms with E-state index in [4.69, 9.17) is 0 Å². The number of nitrogens with one attached hydrogen (secondary N) is 1. The molecule has 0 saturated carbocycles. The molecule has 1 fully saturated rings. The molecule has 0 spiro atoms. The SMILES string of the molecule is CC(C)(C(=O)NC[C@H]1C[C@H](O)CN1Cc1ccccc1)C(F)F. The van der Waals surface area contributed by atoms with Crippen LogP contribution in [0.25, 0.3) is 0 Å². The second kappa shape index (κ2) is 7.36. The minimum atomic E-state index is -2.71. The third-order valence-electron chi connectivity index (χ3n) is 4.36. The molecule has 2 atom stereocenters. The van der Waals surface area contributed by atoms with E-state index in [1.807, 2.05) is 30.3 Å². The number of rotatable bonds is 6. The molecule has 23 heavy (non-hydrogen) atoms. The zero-order chi connectivity index (χ0) is 17.0. The Morgan fingerprint density at radius 1 is 1.39 bits per heavy atom. The van der Waals surface area contributed by atoms with Gasteiger partial charge >= 0.3 is 0 Å². The number of amides is 1. The molecule has 128 valence electrons. The highest BCUT2D eigenvalue weighted by Crippen LogP contribution is 2.25. The van der Waals surface area contributed by atoms with Crippen LogP contribution in [0.1, 0.15) is 25.8 Å². The van der Waals surface area contributed by atoms with Gasteiger partial charge in [0.1, 0.15) is 5.41 Å². The normalized spacial score (nSPS) is 22.5. The number of aliphatic hydroxyl groups is 1. The van der Waals surface area contributed by atoms with Gasteiger partial charge in [0, 0.05) is 25.7 Å². The van der Waals surface area contributed by atoms with Gasteiger partial charge in [-0.05, 0) is 25.8 Å². The van der Waals surface area contributed by atoms with Crippen LogP contribution in [0, 0.1) is 5.41 Å². The Morgan fingerprint density at radius 2 is 2.04 bits per heavy atom. The van der Waals surface area contributed by atoms with Gasteiger partial charge in [0.15, 0.2) is 0 Å². The van der Waals surface area contributed by atoms with Crippen LogP contribution in [0.4, 0.5) is 8.78 Å². The third kappa shape index (κ3) is 4.48. The van der Waals surface area contributed by atoms with Gasteiger partial charge in [-0.25, -0.2) is 8.78 Å². The van der Waals surface area contributed by atoms with Crippen LogP contribution in [0.3, 0.4) is 0 Å². The van der Waals surface area contributed by atoms with Gasteiger partial charge in [-0.3, -0.25) is 9.69 Å². The standard InChI is InChI=1S/C17H24F2N2O2/c1-17(2,15(18)19)16(23)20-9-13-8-14(22)11-21(13)10-12-6-4-3-5-7-12/h3-7,13-15,22H,8-11H2,1-2H3,(H,20,23)/t13-,14+/m1/s1. The van der Waals surface area contributed by atoms with Crippen molar-refractivity contribution in [1.82, 2.24) is 10.2 Å². The second-order valence-corrected chi connectivity index (χ2v) is 6.69. The van der Waals surface area contributed by atoms with E-state index in [1.165, 1.54) is 13.8 Å². The molecule has 4 nitrogen and oxygen atoms in total. The fourth-order valence-electron chi connectivity index (χ4n) is 2.72. The predicted molar refractivity (Wildman–Crippen MR) is 84.1 cm³/mol. The molecular weight excluding hydrogens is 302 g/mol. The van der Waals surface area contributed by atoms with Crippen molar-refractivity contribution in [3.05, 3.63) is 35.9 Å². The molecule has 1 aliphatic heterocycles. The summed E-state index contributed by atoms with van der Waals surface area (Å²) in [6.07, 6.45) is -2.64. The monoisotopic (exact) mass is 326 g/mol. The average molecular weight is 326 g/mol. The maximum atomic E-state index is 12.9. The van der Waals surface area contributed by atoms with Gasteiger partial charge in [-0.15, -0.1) is 0 Å². The third-order valence-corrected chi connectivity index (χ3v) is 4.36. The summed E-state index contributed by atoms with van der Waals surface area (Å²) in [7, 11) is 0. The maximum absolute atomic E-state index is 12.9. The molecule has 0 bridgehead atoms. The van der Waals surface area contributed by atoms with Crippen LogP contribution >= 0.6 is 0 Å². The highest BCUT2D eigenvalue weighted by atomic mass is 19.3. The number of benzene rings is 1. The lowest BCUT2D eigenvalue weighted by Gasteiger charge is -2.27.